The molecule has 4 rings (SSSR count). The van der Waals surface area contributed by atoms with Crippen LogP contribution in [-0.4, -0.2) is 4.98 Å². The van der Waals surface area contributed by atoms with Crippen LogP contribution in [0.5, 0.6) is 0 Å². The van der Waals surface area contributed by atoms with Crippen molar-refractivity contribution in [2.24, 2.45) is 0 Å². The van der Waals surface area contributed by atoms with E-state index >= 15 is 0 Å². The molecule has 0 saturated carbocycles. The SMILES string of the molecule is Cc1cccc(N(Cc2ccccc2)Cc2nc3ccccc3o2)c1. The van der Waals surface area contributed by atoms with E-state index < -0.39 is 0 Å². The molecule has 0 N–H and O–H groups in total. The molecule has 0 bridgehead atoms. The molecule has 4 aromatic rings. The van der Waals surface area contributed by atoms with Crippen LogP contribution < -0.4 is 4.90 Å². The molecule has 0 unspecified atom stereocenters. The Kier molecular flexibility index (Phi) is 4.21. The summed E-state index contributed by atoms with van der Waals surface area (Å²) >= 11 is 0. The van der Waals surface area contributed by atoms with Gasteiger partial charge in [-0.05, 0) is 42.3 Å². The standard InChI is InChI=1S/C22H20N2O/c1-17-8-7-11-19(14-17)24(15-18-9-3-2-4-10-18)16-22-23-20-12-5-6-13-21(20)25-22/h2-14H,15-16H2,1H3. The van der Waals surface area contributed by atoms with E-state index in [0.717, 1.165) is 23.5 Å². The number of hydrogen-bond acceptors (Lipinski definition) is 3. The minimum Gasteiger partial charge on any atom is -0.439 e. The van der Waals surface area contributed by atoms with Crippen LogP contribution in [0.15, 0.2) is 83.3 Å². The van der Waals surface area contributed by atoms with Crippen LogP contribution in [-0.2, 0) is 13.1 Å². The lowest BCUT2D eigenvalue weighted by molar-refractivity contribution is 0.519. The Bertz CT molecular complexity index is 942. The summed E-state index contributed by atoms with van der Waals surface area (Å²) in [5.41, 5.74) is 5.42. The maximum atomic E-state index is 5.94. The highest BCUT2D eigenvalue weighted by Crippen LogP contribution is 2.23. The molecule has 1 aromatic heterocycles. The molecular weight excluding hydrogens is 308 g/mol. The number of aromatic nitrogens is 1. The molecule has 0 spiro atoms. The smallest absolute Gasteiger partial charge is 0.215 e. The van der Waals surface area contributed by atoms with E-state index in [1.807, 2.05) is 30.3 Å². The van der Waals surface area contributed by atoms with Gasteiger partial charge in [-0.1, -0.05) is 54.6 Å². The van der Waals surface area contributed by atoms with Crippen molar-refractivity contribution < 1.29 is 4.42 Å². The lowest BCUT2D eigenvalue weighted by Crippen LogP contribution is -2.22. The highest BCUT2D eigenvalue weighted by Gasteiger charge is 2.13. The van der Waals surface area contributed by atoms with Gasteiger partial charge in [0.15, 0.2) is 5.58 Å². The predicted molar refractivity (Wildman–Crippen MR) is 102 cm³/mol. The number of para-hydroxylation sites is 2. The van der Waals surface area contributed by atoms with E-state index in [4.69, 9.17) is 4.42 Å². The largest absolute Gasteiger partial charge is 0.439 e. The fourth-order valence-electron chi connectivity index (χ4n) is 3.02. The van der Waals surface area contributed by atoms with E-state index in [9.17, 15) is 0 Å². The van der Waals surface area contributed by atoms with E-state index in [2.05, 4.69) is 65.3 Å². The summed E-state index contributed by atoms with van der Waals surface area (Å²) in [5, 5.41) is 0. The van der Waals surface area contributed by atoms with E-state index in [1.165, 1.54) is 16.8 Å². The monoisotopic (exact) mass is 328 g/mol. The third-order valence-corrected chi connectivity index (χ3v) is 4.25. The third-order valence-electron chi connectivity index (χ3n) is 4.25. The molecule has 0 saturated heterocycles. The Hall–Kier alpha value is -3.07. The quantitative estimate of drug-likeness (QED) is 0.495. The lowest BCUT2D eigenvalue weighted by atomic mass is 10.1. The van der Waals surface area contributed by atoms with Gasteiger partial charge in [0.2, 0.25) is 5.89 Å². The number of fused-ring (bicyclic) bond motifs is 1. The molecule has 3 heteroatoms. The van der Waals surface area contributed by atoms with Gasteiger partial charge in [0, 0.05) is 12.2 Å². The molecule has 3 aromatic carbocycles. The summed E-state index contributed by atoms with van der Waals surface area (Å²) in [7, 11) is 0. The highest BCUT2D eigenvalue weighted by atomic mass is 16.3. The average Bonchev–Trinajstić information content (AvgIpc) is 3.04. The van der Waals surface area contributed by atoms with Crippen molar-refractivity contribution in [3.05, 3.63) is 95.9 Å². The number of nitrogens with zero attached hydrogens (tertiary/aromatic N) is 2. The van der Waals surface area contributed by atoms with Gasteiger partial charge in [-0.2, -0.15) is 0 Å². The zero-order chi connectivity index (χ0) is 17.1. The molecular formula is C22H20N2O. The number of aryl methyl sites for hydroxylation is 1. The molecule has 0 radical (unpaired) electrons. The summed E-state index contributed by atoms with van der Waals surface area (Å²) in [6.07, 6.45) is 0. The van der Waals surface area contributed by atoms with Crippen molar-refractivity contribution in [1.82, 2.24) is 4.98 Å². The first-order chi connectivity index (χ1) is 12.3. The van der Waals surface area contributed by atoms with Crippen molar-refractivity contribution in [1.29, 1.82) is 0 Å². The maximum absolute atomic E-state index is 5.94. The molecule has 0 aliphatic rings. The van der Waals surface area contributed by atoms with E-state index in [1.54, 1.807) is 0 Å². The fraction of sp³-hybridized carbons (Fsp3) is 0.136. The summed E-state index contributed by atoms with van der Waals surface area (Å²) < 4.78 is 5.94. The first kappa shape index (κ1) is 15.5. The second kappa shape index (κ2) is 6.81. The van der Waals surface area contributed by atoms with Crippen LogP contribution in [0.4, 0.5) is 5.69 Å². The molecule has 124 valence electrons. The topological polar surface area (TPSA) is 29.3 Å². The van der Waals surface area contributed by atoms with Crippen molar-refractivity contribution in [3.8, 4) is 0 Å². The van der Waals surface area contributed by atoms with Gasteiger partial charge >= 0.3 is 0 Å². The van der Waals surface area contributed by atoms with Gasteiger partial charge in [0.05, 0.1) is 6.54 Å². The number of rotatable bonds is 5. The second-order valence-corrected chi connectivity index (χ2v) is 6.26. The van der Waals surface area contributed by atoms with Crippen molar-refractivity contribution in [2.75, 3.05) is 4.90 Å². The second-order valence-electron chi connectivity index (χ2n) is 6.26. The summed E-state index contributed by atoms with van der Waals surface area (Å²) in [4.78, 5) is 6.93. The Balaban J connectivity index is 1.66. The molecule has 25 heavy (non-hydrogen) atoms. The zero-order valence-electron chi connectivity index (χ0n) is 14.2. The maximum Gasteiger partial charge on any atom is 0.215 e. The van der Waals surface area contributed by atoms with Crippen LogP contribution >= 0.6 is 0 Å². The molecule has 0 aliphatic heterocycles. The molecule has 0 atom stereocenters. The molecule has 1 heterocycles. The van der Waals surface area contributed by atoms with Crippen LogP contribution in [0.2, 0.25) is 0 Å². The average molecular weight is 328 g/mol. The third kappa shape index (κ3) is 3.56. The summed E-state index contributed by atoms with van der Waals surface area (Å²) in [6, 6.07) is 26.9. The molecule has 0 aliphatic carbocycles. The van der Waals surface area contributed by atoms with Gasteiger partial charge in [-0.15, -0.1) is 0 Å². The Labute approximate surface area is 147 Å². The molecule has 0 fully saturated rings. The highest BCUT2D eigenvalue weighted by molar-refractivity contribution is 5.72. The number of hydrogen-bond donors (Lipinski definition) is 0. The predicted octanol–water partition coefficient (Wildman–Crippen LogP) is 5.34. The van der Waals surface area contributed by atoms with Gasteiger partial charge < -0.3 is 9.32 Å². The summed E-state index contributed by atoms with van der Waals surface area (Å²) in [5.74, 6) is 0.735. The van der Waals surface area contributed by atoms with Gasteiger partial charge in [-0.25, -0.2) is 4.98 Å². The first-order valence-corrected chi connectivity index (χ1v) is 8.48. The Morgan fingerprint density at radius 2 is 1.64 bits per heavy atom. The van der Waals surface area contributed by atoms with E-state index in [0.29, 0.717) is 6.54 Å². The number of anilines is 1. The van der Waals surface area contributed by atoms with E-state index in [-0.39, 0.29) is 0 Å². The normalized spacial score (nSPS) is 10.9. The first-order valence-electron chi connectivity index (χ1n) is 8.48. The number of benzene rings is 3. The molecule has 3 nitrogen and oxygen atoms in total. The van der Waals surface area contributed by atoms with Gasteiger partial charge in [-0.3, -0.25) is 0 Å². The lowest BCUT2D eigenvalue weighted by Gasteiger charge is -2.24. The van der Waals surface area contributed by atoms with Gasteiger partial charge in [0.25, 0.3) is 0 Å². The van der Waals surface area contributed by atoms with Crippen LogP contribution in [0, 0.1) is 6.92 Å². The zero-order valence-corrected chi connectivity index (χ0v) is 14.2. The minimum atomic E-state index is 0.632. The fourth-order valence-corrected chi connectivity index (χ4v) is 3.02. The number of oxazole rings is 1. The summed E-state index contributed by atoms with van der Waals surface area (Å²) in [6.45, 7) is 3.56. The van der Waals surface area contributed by atoms with Crippen molar-refractivity contribution in [3.63, 3.8) is 0 Å². The van der Waals surface area contributed by atoms with Crippen LogP contribution in [0.25, 0.3) is 11.1 Å². The molecule has 0 amide bonds. The Morgan fingerprint density at radius 1 is 0.840 bits per heavy atom. The van der Waals surface area contributed by atoms with Crippen LogP contribution in [0.3, 0.4) is 0 Å². The van der Waals surface area contributed by atoms with Crippen molar-refractivity contribution in [2.45, 2.75) is 20.0 Å². The van der Waals surface area contributed by atoms with Gasteiger partial charge in [0.1, 0.15) is 5.52 Å². The van der Waals surface area contributed by atoms with Crippen molar-refractivity contribution >= 4 is 16.8 Å². The Morgan fingerprint density at radius 3 is 2.44 bits per heavy atom. The van der Waals surface area contributed by atoms with Crippen LogP contribution in [0.1, 0.15) is 17.0 Å². The minimum absolute atomic E-state index is 0.632.